The van der Waals surface area contributed by atoms with Crippen LogP contribution in [0.4, 0.5) is 0 Å². The maximum Gasteiger partial charge on any atom is 0.0641 e. The molecule has 1 aliphatic rings. The Balaban J connectivity index is 1.90. The monoisotopic (exact) mass is 223 g/mol. The topological polar surface area (TPSA) is 49.9 Å². The van der Waals surface area contributed by atoms with Crippen LogP contribution in [0.15, 0.2) is 12.3 Å². The molecule has 0 spiro atoms. The van der Waals surface area contributed by atoms with Gasteiger partial charge in [0.1, 0.15) is 0 Å². The number of nitrogens with zero attached hydrogens (tertiary/aromatic N) is 1. The summed E-state index contributed by atoms with van der Waals surface area (Å²) < 4.78 is 5.71. The molecule has 4 nitrogen and oxygen atoms in total. The fourth-order valence-electron chi connectivity index (χ4n) is 2.33. The van der Waals surface area contributed by atoms with E-state index in [9.17, 15) is 0 Å². The van der Waals surface area contributed by atoms with E-state index in [1.165, 1.54) is 0 Å². The summed E-state index contributed by atoms with van der Waals surface area (Å²) in [5, 5.41) is 10.6. The highest BCUT2D eigenvalue weighted by Crippen LogP contribution is 2.25. The molecule has 90 valence electrons. The molecule has 2 unspecified atom stereocenters. The zero-order valence-electron chi connectivity index (χ0n) is 10.3. The first kappa shape index (κ1) is 11.6. The number of aromatic amines is 1. The molecule has 0 aliphatic carbocycles. The average Bonchev–Trinajstić information content (AvgIpc) is 2.68. The van der Waals surface area contributed by atoms with E-state index < -0.39 is 0 Å². The van der Waals surface area contributed by atoms with Crippen LogP contribution >= 0.6 is 0 Å². The van der Waals surface area contributed by atoms with Gasteiger partial charge >= 0.3 is 0 Å². The van der Waals surface area contributed by atoms with Gasteiger partial charge in [-0.15, -0.1) is 0 Å². The maximum atomic E-state index is 5.71. The molecule has 2 heterocycles. The summed E-state index contributed by atoms with van der Waals surface area (Å²) in [5.74, 6) is 0. The van der Waals surface area contributed by atoms with Crippen LogP contribution < -0.4 is 5.32 Å². The molecular weight excluding hydrogens is 202 g/mol. The molecule has 0 amide bonds. The lowest BCUT2D eigenvalue weighted by Crippen LogP contribution is -2.44. The first-order valence-corrected chi connectivity index (χ1v) is 5.96. The molecule has 1 fully saturated rings. The van der Waals surface area contributed by atoms with E-state index in [0.717, 1.165) is 25.1 Å². The van der Waals surface area contributed by atoms with E-state index in [1.807, 2.05) is 6.07 Å². The lowest BCUT2D eigenvalue weighted by molar-refractivity contribution is -0.0640. The summed E-state index contributed by atoms with van der Waals surface area (Å²) in [6, 6.07) is 2.87. The largest absolute Gasteiger partial charge is 0.375 e. The number of H-pyrrole nitrogens is 1. The first-order valence-electron chi connectivity index (χ1n) is 5.96. The van der Waals surface area contributed by atoms with Crippen molar-refractivity contribution < 1.29 is 4.74 Å². The van der Waals surface area contributed by atoms with Gasteiger partial charge in [-0.3, -0.25) is 5.10 Å². The predicted molar refractivity (Wildman–Crippen MR) is 63.2 cm³/mol. The Bertz CT molecular complexity index is 321. The van der Waals surface area contributed by atoms with Crippen molar-refractivity contribution in [2.24, 2.45) is 0 Å². The molecule has 0 radical (unpaired) electrons. The van der Waals surface area contributed by atoms with Crippen molar-refractivity contribution in [2.75, 3.05) is 6.61 Å². The van der Waals surface area contributed by atoms with Gasteiger partial charge in [0.25, 0.3) is 0 Å². The Morgan fingerprint density at radius 2 is 2.44 bits per heavy atom. The standard InChI is InChI=1S/C12H21N3O/c1-9(11-4-6-13-15-11)14-10-5-7-16-12(2,3)8-10/h4,6,9-10,14H,5,7-8H2,1-3H3,(H,13,15). The minimum Gasteiger partial charge on any atom is -0.375 e. The molecule has 2 N–H and O–H groups in total. The highest BCUT2D eigenvalue weighted by molar-refractivity contribution is 5.03. The van der Waals surface area contributed by atoms with Gasteiger partial charge < -0.3 is 10.1 Å². The molecule has 0 aromatic carbocycles. The van der Waals surface area contributed by atoms with Crippen LogP contribution in [0.5, 0.6) is 0 Å². The molecule has 1 aromatic heterocycles. The van der Waals surface area contributed by atoms with E-state index in [0.29, 0.717) is 12.1 Å². The minimum atomic E-state index is 0.00359. The van der Waals surface area contributed by atoms with Crippen LogP contribution in [-0.4, -0.2) is 28.4 Å². The summed E-state index contributed by atoms with van der Waals surface area (Å²) in [6.07, 6.45) is 3.94. The molecule has 2 atom stereocenters. The van der Waals surface area contributed by atoms with E-state index in [4.69, 9.17) is 4.74 Å². The number of rotatable bonds is 3. The molecule has 2 rings (SSSR count). The second-order valence-corrected chi connectivity index (χ2v) is 5.20. The number of hydrogen-bond acceptors (Lipinski definition) is 3. The van der Waals surface area contributed by atoms with Crippen LogP contribution in [-0.2, 0) is 4.74 Å². The summed E-state index contributed by atoms with van der Waals surface area (Å²) in [7, 11) is 0. The van der Waals surface area contributed by atoms with Gasteiger partial charge in [0.15, 0.2) is 0 Å². The molecule has 0 bridgehead atoms. The number of hydrogen-bond donors (Lipinski definition) is 2. The molecule has 1 saturated heterocycles. The van der Waals surface area contributed by atoms with Gasteiger partial charge in [-0.1, -0.05) is 0 Å². The average molecular weight is 223 g/mol. The normalized spacial score (nSPS) is 26.6. The highest BCUT2D eigenvalue weighted by Gasteiger charge is 2.29. The Morgan fingerprint density at radius 1 is 1.62 bits per heavy atom. The maximum absolute atomic E-state index is 5.71. The zero-order valence-corrected chi connectivity index (χ0v) is 10.3. The molecule has 0 saturated carbocycles. The minimum absolute atomic E-state index is 0.00359. The van der Waals surface area contributed by atoms with Crippen molar-refractivity contribution in [3.05, 3.63) is 18.0 Å². The molecule has 1 aliphatic heterocycles. The van der Waals surface area contributed by atoms with E-state index in [1.54, 1.807) is 6.20 Å². The van der Waals surface area contributed by atoms with Crippen molar-refractivity contribution in [1.82, 2.24) is 15.5 Å². The van der Waals surface area contributed by atoms with Crippen molar-refractivity contribution in [1.29, 1.82) is 0 Å². The van der Waals surface area contributed by atoms with Gasteiger partial charge in [0.05, 0.1) is 11.3 Å². The third-order valence-corrected chi connectivity index (χ3v) is 3.17. The number of aromatic nitrogens is 2. The summed E-state index contributed by atoms with van der Waals surface area (Å²) >= 11 is 0. The van der Waals surface area contributed by atoms with Crippen molar-refractivity contribution in [3.63, 3.8) is 0 Å². The second kappa shape index (κ2) is 4.55. The highest BCUT2D eigenvalue weighted by atomic mass is 16.5. The van der Waals surface area contributed by atoms with Crippen LogP contribution in [0.1, 0.15) is 45.3 Å². The van der Waals surface area contributed by atoms with E-state index >= 15 is 0 Å². The third kappa shape index (κ3) is 2.83. The van der Waals surface area contributed by atoms with Crippen molar-refractivity contribution in [3.8, 4) is 0 Å². The Hall–Kier alpha value is -0.870. The van der Waals surface area contributed by atoms with Crippen LogP contribution in [0.2, 0.25) is 0 Å². The summed E-state index contributed by atoms with van der Waals surface area (Å²) in [4.78, 5) is 0. The van der Waals surface area contributed by atoms with Gasteiger partial charge in [-0.25, -0.2) is 0 Å². The quantitative estimate of drug-likeness (QED) is 0.824. The predicted octanol–water partition coefficient (Wildman–Crippen LogP) is 2.02. The van der Waals surface area contributed by atoms with E-state index in [-0.39, 0.29) is 5.60 Å². The van der Waals surface area contributed by atoms with Crippen LogP contribution in [0, 0.1) is 0 Å². The van der Waals surface area contributed by atoms with Gasteiger partial charge in [-0.05, 0) is 39.7 Å². The number of nitrogens with one attached hydrogen (secondary N) is 2. The van der Waals surface area contributed by atoms with Gasteiger partial charge in [0, 0.05) is 24.9 Å². The summed E-state index contributed by atoms with van der Waals surface area (Å²) in [6.45, 7) is 7.32. The van der Waals surface area contributed by atoms with Crippen LogP contribution in [0.25, 0.3) is 0 Å². The lowest BCUT2D eigenvalue weighted by atomic mass is 9.93. The molecular formula is C12H21N3O. The molecule has 4 heteroatoms. The molecule has 16 heavy (non-hydrogen) atoms. The Labute approximate surface area is 96.8 Å². The van der Waals surface area contributed by atoms with Gasteiger partial charge in [0.2, 0.25) is 0 Å². The molecule has 1 aromatic rings. The summed E-state index contributed by atoms with van der Waals surface area (Å²) in [5.41, 5.74) is 1.15. The van der Waals surface area contributed by atoms with Crippen molar-refractivity contribution >= 4 is 0 Å². The first-order chi connectivity index (χ1) is 7.57. The Kier molecular flexibility index (Phi) is 3.30. The van der Waals surface area contributed by atoms with E-state index in [2.05, 4.69) is 36.3 Å². The SMILES string of the molecule is CC(NC1CCOC(C)(C)C1)c1ccn[nH]1. The van der Waals surface area contributed by atoms with Crippen LogP contribution in [0.3, 0.4) is 0 Å². The second-order valence-electron chi connectivity index (χ2n) is 5.20. The zero-order chi connectivity index (χ0) is 11.6. The third-order valence-electron chi connectivity index (χ3n) is 3.17. The fraction of sp³-hybridized carbons (Fsp3) is 0.750. The smallest absolute Gasteiger partial charge is 0.0641 e. The van der Waals surface area contributed by atoms with Gasteiger partial charge in [-0.2, -0.15) is 5.10 Å². The lowest BCUT2D eigenvalue weighted by Gasteiger charge is -2.37. The number of ether oxygens (including phenoxy) is 1. The fourth-order valence-corrected chi connectivity index (χ4v) is 2.33. The Morgan fingerprint density at radius 3 is 3.06 bits per heavy atom. The van der Waals surface area contributed by atoms with Crippen molar-refractivity contribution in [2.45, 2.75) is 51.3 Å².